The van der Waals surface area contributed by atoms with E-state index in [1.165, 1.54) is 12.0 Å². The monoisotopic (exact) mass is 441 g/mol. The van der Waals surface area contributed by atoms with Crippen LogP contribution < -0.4 is 14.4 Å². The van der Waals surface area contributed by atoms with Gasteiger partial charge in [-0.25, -0.2) is 0 Å². The minimum Gasteiger partial charge on any atom is -0.495 e. The van der Waals surface area contributed by atoms with Gasteiger partial charge in [-0.1, -0.05) is 43.3 Å². The third kappa shape index (κ3) is 3.51. The molecule has 32 heavy (non-hydrogen) atoms. The van der Waals surface area contributed by atoms with Gasteiger partial charge in [0, 0.05) is 22.0 Å². The van der Waals surface area contributed by atoms with E-state index in [0.29, 0.717) is 39.8 Å². The summed E-state index contributed by atoms with van der Waals surface area (Å²) in [5, 5.41) is 10.3. The average molecular weight is 441 g/mol. The number of methoxy groups -OCH3 is 1. The second kappa shape index (κ2) is 8.45. The average Bonchev–Trinajstić information content (AvgIpc) is 3.11. The van der Waals surface area contributed by atoms with Crippen LogP contribution in [0.25, 0.3) is 10.8 Å². The number of nitrogens with zero attached hydrogens (tertiary/aromatic N) is 1. The second-order valence-electron chi connectivity index (χ2n) is 7.42. The fourth-order valence-electron chi connectivity index (χ4n) is 4.25. The lowest BCUT2D eigenvalue weighted by Gasteiger charge is -2.17. The van der Waals surface area contributed by atoms with Crippen LogP contribution in [0.3, 0.4) is 0 Å². The molecular formula is C24H21F2NO5. The van der Waals surface area contributed by atoms with Crippen LogP contribution >= 0.6 is 0 Å². The molecule has 166 valence electrons. The number of hydrogen-bond donors (Lipinski definition) is 1. The largest absolute Gasteiger partial charge is 0.495 e. The maximum atomic E-state index is 13.4. The predicted molar refractivity (Wildman–Crippen MR) is 115 cm³/mol. The molecule has 1 amide bonds. The van der Waals surface area contributed by atoms with Crippen molar-refractivity contribution in [3.8, 4) is 11.5 Å². The maximum Gasteiger partial charge on any atom is 0.387 e. The molecule has 1 aliphatic heterocycles. The molecule has 0 fully saturated rings. The summed E-state index contributed by atoms with van der Waals surface area (Å²) in [6, 6.07) is 13.4. The van der Waals surface area contributed by atoms with E-state index >= 15 is 0 Å². The standard InChI is InChI=1S/C24H21F2NO5/c1-3-15(23(29)30)13-8-10-14(11-9-13)27-12-18-19(22(27)28)21(31-2)17-7-5-4-6-16(17)20(18)32-24(25)26/h4-11,15,24H,3,12H2,1-2H3,(H,29,30). The van der Waals surface area contributed by atoms with Gasteiger partial charge in [0.05, 0.1) is 25.1 Å². The first-order valence-electron chi connectivity index (χ1n) is 10.1. The van der Waals surface area contributed by atoms with Crippen molar-refractivity contribution in [1.82, 2.24) is 0 Å². The van der Waals surface area contributed by atoms with E-state index in [1.54, 1.807) is 55.5 Å². The topological polar surface area (TPSA) is 76.1 Å². The van der Waals surface area contributed by atoms with E-state index in [0.717, 1.165) is 0 Å². The van der Waals surface area contributed by atoms with Gasteiger partial charge in [-0.3, -0.25) is 9.59 Å². The molecule has 0 saturated carbocycles. The molecule has 4 rings (SSSR count). The first-order valence-corrected chi connectivity index (χ1v) is 10.1. The summed E-state index contributed by atoms with van der Waals surface area (Å²) in [7, 11) is 1.43. The van der Waals surface area contributed by atoms with Gasteiger partial charge in [-0.15, -0.1) is 0 Å². The molecule has 8 heteroatoms. The number of amides is 1. The van der Waals surface area contributed by atoms with E-state index in [2.05, 4.69) is 0 Å². The number of rotatable bonds is 7. The highest BCUT2D eigenvalue weighted by molar-refractivity contribution is 6.16. The molecular weight excluding hydrogens is 420 g/mol. The highest BCUT2D eigenvalue weighted by Gasteiger charge is 2.37. The molecule has 6 nitrogen and oxygen atoms in total. The van der Waals surface area contributed by atoms with Crippen LogP contribution in [0, 0.1) is 0 Å². The lowest BCUT2D eigenvalue weighted by atomic mass is 9.96. The van der Waals surface area contributed by atoms with E-state index < -0.39 is 24.4 Å². The number of ether oxygens (including phenoxy) is 2. The van der Waals surface area contributed by atoms with Gasteiger partial charge in [-0.05, 0) is 24.1 Å². The number of aliphatic carboxylic acids is 1. The van der Waals surface area contributed by atoms with Gasteiger partial charge in [0.25, 0.3) is 5.91 Å². The minimum absolute atomic E-state index is 0.0207. The van der Waals surface area contributed by atoms with Crippen molar-refractivity contribution in [3.05, 3.63) is 65.2 Å². The van der Waals surface area contributed by atoms with Gasteiger partial charge >= 0.3 is 12.6 Å². The molecule has 0 radical (unpaired) electrons. The van der Waals surface area contributed by atoms with Gasteiger partial charge in [-0.2, -0.15) is 8.78 Å². The normalized spacial score (nSPS) is 14.0. The molecule has 3 aromatic rings. The van der Waals surface area contributed by atoms with Crippen molar-refractivity contribution in [2.45, 2.75) is 32.4 Å². The third-order valence-electron chi connectivity index (χ3n) is 5.72. The molecule has 0 aromatic heterocycles. The lowest BCUT2D eigenvalue weighted by Crippen LogP contribution is -2.23. The predicted octanol–water partition coefficient (Wildman–Crippen LogP) is 5.19. The van der Waals surface area contributed by atoms with Gasteiger partial charge in [0.2, 0.25) is 0 Å². The zero-order valence-corrected chi connectivity index (χ0v) is 17.5. The summed E-state index contributed by atoms with van der Waals surface area (Å²) in [4.78, 5) is 26.2. The molecule has 1 unspecified atom stereocenters. The smallest absolute Gasteiger partial charge is 0.387 e. The van der Waals surface area contributed by atoms with Crippen molar-refractivity contribution in [3.63, 3.8) is 0 Å². The molecule has 1 aliphatic rings. The Morgan fingerprint density at radius 2 is 1.72 bits per heavy atom. The molecule has 3 aromatic carbocycles. The van der Waals surface area contributed by atoms with Crippen LogP contribution in [-0.2, 0) is 11.3 Å². The number of carboxylic acids is 1. The van der Waals surface area contributed by atoms with E-state index in [1.807, 2.05) is 0 Å². The van der Waals surface area contributed by atoms with Crippen molar-refractivity contribution >= 4 is 28.3 Å². The molecule has 0 spiro atoms. The Morgan fingerprint density at radius 3 is 2.25 bits per heavy atom. The van der Waals surface area contributed by atoms with Crippen LogP contribution in [0.1, 0.15) is 40.7 Å². The van der Waals surface area contributed by atoms with Gasteiger partial charge in [0.15, 0.2) is 0 Å². The number of carboxylic acid groups (broad SMARTS) is 1. The van der Waals surface area contributed by atoms with Crippen LogP contribution in [0.5, 0.6) is 11.5 Å². The Hall–Kier alpha value is -3.68. The first kappa shape index (κ1) is 21.5. The highest BCUT2D eigenvalue weighted by atomic mass is 19.3. The van der Waals surface area contributed by atoms with Crippen molar-refractivity contribution in [1.29, 1.82) is 0 Å². The van der Waals surface area contributed by atoms with Crippen molar-refractivity contribution in [2.75, 3.05) is 12.0 Å². The Labute approximate surface area is 183 Å². The van der Waals surface area contributed by atoms with E-state index in [-0.39, 0.29) is 17.9 Å². The fourth-order valence-corrected chi connectivity index (χ4v) is 4.25. The molecule has 1 N–H and O–H groups in total. The van der Waals surface area contributed by atoms with Gasteiger partial charge < -0.3 is 19.5 Å². The summed E-state index contributed by atoms with van der Waals surface area (Å²) >= 11 is 0. The number of alkyl halides is 2. The summed E-state index contributed by atoms with van der Waals surface area (Å²) in [5.74, 6) is -1.71. The SMILES string of the molecule is CCC(C(=O)O)c1ccc(N2Cc3c(c(OC)c4ccccc4c3OC(F)F)C2=O)cc1. The van der Waals surface area contributed by atoms with Crippen LogP contribution in [0.2, 0.25) is 0 Å². The highest BCUT2D eigenvalue weighted by Crippen LogP contribution is 2.46. The maximum absolute atomic E-state index is 13.4. The summed E-state index contributed by atoms with van der Waals surface area (Å²) in [6.45, 7) is -1.25. The van der Waals surface area contributed by atoms with Crippen molar-refractivity contribution < 1.29 is 33.0 Å². The zero-order valence-electron chi connectivity index (χ0n) is 17.5. The molecule has 0 aliphatic carbocycles. The number of halogens is 2. The lowest BCUT2D eigenvalue weighted by molar-refractivity contribution is -0.138. The Bertz CT molecular complexity index is 1190. The Kier molecular flexibility index (Phi) is 5.69. The third-order valence-corrected chi connectivity index (χ3v) is 5.72. The number of fused-ring (bicyclic) bond motifs is 2. The van der Waals surface area contributed by atoms with Gasteiger partial charge in [0.1, 0.15) is 11.5 Å². The zero-order chi connectivity index (χ0) is 23.0. The minimum atomic E-state index is -3.05. The second-order valence-corrected chi connectivity index (χ2v) is 7.42. The number of hydrogen-bond acceptors (Lipinski definition) is 4. The van der Waals surface area contributed by atoms with E-state index in [4.69, 9.17) is 9.47 Å². The summed E-state index contributed by atoms with van der Waals surface area (Å²) in [5.41, 5.74) is 1.65. The summed E-state index contributed by atoms with van der Waals surface area (Å²) < 4.78 is 36.9. The number of anilines is 1. The number of carbonyl (C=O) groups excluding carboxylic acids is 1. The molecule has 0 saturated heterocycles. The number of carbonyl (C=O) groups is 2. The van der Waals surface area contributed by atoms with Crippen LogP contribution in [0.15, 0.2) is 48.5 Å². The van der Waals surface area contributed by atoms with Crippen LogP contribution in [-0.4, -0.2) is 30.7 Å². The first-order chi connectivity index (χ1) is 15.4. The number of benzene rings is 3. The Balaban J connectivity index is 1.81. The van der Waals surface area contributed by atoms with Crippen LogP contribution in [0.4, 0.5) is 14.5 Å². The molecule has 0 bridgehead atoms. The molecule has 1 heterocycles. The summed E-state index contributed by atoms with van der Waals surface area (Å²) in [6.07, 6.45) is 0.431. The van der Waals surface area contributed by atoms with E-state index in [9.17, 15) is 23.5 Å². The Morgan fingerprint density at radius 1 is 1.09 bits per heavy atom. The van der Waals surface area contributed by atoms with Crippen molar-refractivity contribution in [2.24, 2.45) is 0 Å². The quantitative estimate of drug-likeness (QED) is 0.546. The fraction of sp³-hybridized carbons (Fsp3) is 0.250. The molecule has 1 atom stereocenters.